The van der Waals surface area contributed by atoms with Crippen LogP contribution in [0.5, 0.6) is 0 Å². The van der Waals surface area contributed by atoms with Gasteiger partial charge in [0.25, 0.3) is 0 Å². The van der Waals surface area contributed by atoms with Gasteiger partial charge in [-0.05, 0) is 39.8 Å². The molecule has 0 aromatic carbocycles. The van der Waals surface area contributed by atoms with E-state index in [4.69, 9.17) is 13.9 Å². The predicted octanol–water partition coefficient (Wildman–Crippen LogP) is 3.54. The first-order valence-corrected chi connectivity index (χ1v) is 10.3. The number of rotatable bonds is 6. The van der Waals surface area contributed by atoms with E-state index in [1.807, 2.05) is 32.9 Å². The third-order valence-electron chi connectivity index (χ3n) is 4.39. The maximum absolute atomic E-state index is 12.6. The van der Waals surface area contributed by atoms with Crippen LogP contribution in [0.3, 0.4) is 0 Å². The van der Waals surface area contributed by atoms with Crippen molar-refractivity contribution in [2.75, 3.05) is 31.6 Å². The highest BCUT2D eigenvalue weighted by Crippen LogP contribution is 2.37. The van der Waals surface area contributed by atoms with E-state index >= 15 is 0 Å². The second-order valence-corrected chi connectivity index (χ2v) is 7.86. The number of amides is 1. The third-order valence-corrected chi connectivity index (χ3v) is 5.29. The summed E-state index contributed by atoms with van der Waals surface area (Å²) in [6.45, 7) is 9.48. The number of aryl methyl sites for hydroxylation is 1. The fourth-order valence-electron chi connectivity index (χ4n) is 3.40. The van der Waals surface area contributed by atoms with Crippen LogP contribution in [0.2, 0.25) is 0 Å². The first-order valence-electron chi connectivity index (χ1n) is 9.40. The monoisotopic (exact) mass is 406 g/mol. The number of anilines is 1. The predicted molar refractivity (Wildman–Crippen MR) is 108 cm³/mol. The first kappa shape index (κ1) is 20.6. The van der Waals surface area contributed by atoms with Crippen molar-refractivity contribution in [3.05, 3.63) is 28.8 Å². The average Bonchev–Trinajstić information content (AvgIpc) is 3.20. The molecule has 1 N–H and O–H groups in total. The molecule has 1 aliphatic heterocycles. The van der Waals surface area contributed by atoms with E-state index in [0.29, 0.717) is 35.0 Å². The molecule has 1 amide bonds. The number of esters is 1. The smallest absolute Gasteiger partial charge is 0.341 e. The van der Waals surface area contributed by atoms with E-state index < -0.39 is 5.97 Å². The number of ether oxygens (including phenoxy) is 2. The number of thiophene rings is 1. The number of carbonyl (C=O) groups excluding carboxylic acids is 2. The molecular weight excluding hydrogens is 380 g/mol. The van der Waals surface area contributed by atoms with Crippen LogP contribution in [0.25, 0.3) is 11.3 Å². The van der Waals surface area contributed by atoms with E-state index in [-0.39, 0.29) is 31.3 Å². The zero-order valence-corrected chi connectivity index (χ0v) is 17.4. The van der Waals surface area contributed by atoms with Crippen LogP contribution < -0.4 is 5.32 Å². The molecule has 0 saturated carbocycles. The fraction of sp³-hybridized carbons (Fsp3) is 0.500. The van der Waals surface area contributed by atoms with E-state index in [2.05, 4.69) is 10.2 Å². The van der Waals surface area contributed by atoms with Crippen molar-refractivity contribution in [1.82, 2.24) is 4.90 Å². The standard InChI is InChI=1S/C20H26N2O5S/c1-5-25-20(24)18-15(16-7-6-12(2)27-16)11-28-19(18)21-17(23)10-22-8-13(3)26-14(4)9-22/h6-7,11,13-14H,5,8-10H2,1-4H3,(H,21,23)/t13-,14+. The first-order chi connectivity index (χ1) is 13.4. The van der Waals surface area contributed by atoms with Gasteiger partial charge >= 0.3 is 5.97 Å². The van der Waals surface area contributed by atoms with Crippen molar-refractivity contribution >= 4 is 28.2 Å². The van der Waals surface area contributed by atoms with Gasteiger partial charge in [-0.25, -0.2) is 4.79 Å². The topological polar surface area (TPSA) is 81.0 Å². The lowest BCUT2D eigenvalue weighted by atomic mass is 10.1. The summed E-state index contributed by atoms with van der Waals surface area (Å²) in [5.74, 6) is 0.679. The van der Waals surface area contributed by atoms with Crippen molar-refractivity contribution in [3.8, 4) is 11.3 Å². The van der Waals surface area contributed by atoms with Crippen LogP contribution in [-0.4, -0.2) is 55.2 Å². The Bertz CT molecular complexity index is 834. The molecule has 2 atom stereocenters. The number of nitrogens with zero attached hydrogens (tertiary/aromatic N) is 1. The van der Waals surface area contributed by atoms with Gasteiger partial charge in [0.1, 0.15) is 22.1 Å². The summed E-state index contributed by atoms with van der Waals surface area (Å²) < 4.78 is 16.6. The Labute approximate surface area is 168 Å². The van der Waals surface area contributed by atoms with Crippen LogP contribution in [0.1, 0.15) is 36.9 Å². The molecule has 2 aromatic rings. The third kappa shape index (κ3) is 4.81. The quantitative estimate of drug-likeness (QED) is 0.739. The zero-order chi connectivity index (χ0) is 20.3. The van der Waals surface area contributed by atoms with Crippen LogP contribution in [-0.2, 0) is 14.3 Å². The van der Waals surface area contributed by atoms with Gasteiger partial charge in [0, 0.05) is 24.0 Å². The Hall–Kier alpha value is -2.16. The molecule has 1 saturated heterocycles. The van der Waals surface area contributed by atoms with Gasteiger partial charge in [0.15, 0.2) is 0 Å². The Morgan fingerprint density at radius 3 is 2.61 bits per heavy atom. The maximum atomic E-state index is 12.6. The normalized spacial score (nSPS) is 20.1. The summed E-state index contributed by atoms with van der Waals surface area (Å²) in [6, 6.07) is 3.64. The van der Waals surface area contributed by atoms with Gasteiger partial charge in [-0.3, -0.25) is 9.69 Å². The second kappa shape index (κ2) is 8.89. The van der Waals surface area contributed by atoms with E-state index in [1.165, 1.54) is 11.3 Å². The molecular formula is C20H26N2O5S. The lowest BCUT2D eigenvalue weighted by Gasteiger charge is -2.34. The van der Waals surface area contributed by atoms with Gasteiger partial charge in [0.05, 0.1) is 25.4 Å². The number of morpholine rings is 1. The molecule has 152 valence electrons. The summed E-state index contributed by atoms with van der Waals surface area (Å²) in [4.78, 5) is 27.2. The van der Waals surface area contributed by atoms with Crippen LogP contribution in [0, 0.1) is 6.92 Å². The maximum Gasteiger partial charge on any atom is 0.341 e. The van der Waals surface area contributed by atoms with Crippen molar-refractivity contribution in [2.24, 2.45) is 0 Å². The minimum atomic E-state index is -0.475. The highest BCUT2D eigenvalue weighted by Gasteiger charge is 2.27. The minimum Gasteiger partial charge on any atom is -0.462 e. The number of hydrogen-bond donors (Lipinski definition) is 1. The number of nitrogens with one attached hydrogen (secondary N) is 1. The SMILES string of the molecule is CCOC(=O)c1c(-c2ccc(C)o2)csc1NC(=O)CN1C[C@@H](C)O[C@@H](C)C1. The summed E-state index contributed by atoms with van der Waals surface area (Å²) in [6.07, 6.45) is 0.171. The fourth-order valence-corrected chi connectivity index (χ4v) is 4.35. The number of furan rings is 1. The summed E-state index contributed by atoms with van der Waals surface area (Å²) in [5, 5.41) is 5.16. The van der Waals surface area contributed by atoms with Crippen molar-refractivity contribution in [3.63, 3.8) is 0 Å². The Morgan fingerprint density at radius 1 is 1.29 bits per heavy atom. The Morgan fingerprint density at radius 2 is 2.00 bits per heavy atom. The lowest BCUT2D eigenvalue weighted by Crippen LogP contribution is -2.48. The van der Waals surface area contributed by atoms with Crippen LogP contribution in [0.15, 0.2) is 21.9 Å². The van der Waals surface area contributed by atoms with E-state index in [9.17, 15) is 9.59 Å². The van der Waals surface area contributed by atoms with Crippen LogP contribution >= 0.6 is 11.3 Å². The molecule has 0 aliphatic carbocycles. The van der Waals surface area contributed by atoms with Gasteiger partial charge in [-0.1, -0.05) is 0 Å². The van der Waals surface area contributed by atoms with Gasteiger partial charge in [-0.2, -0.15) is 0 Å². The Balaban J connectivity index is 1.78. The molecule has 0 unspecified atom stereocenters. The van der Waals surface area contributed by atoms with E-state index in [1.54, 1.807) is 12.3 Å². The van der Waals surface area contributed by atoms with Gasteiger partial charge < -0.3 is 19.2 Å². The molecule has 0 spiro atoms. The molecule has 1 aliphatic rings. The van der Waals surface area contributed by atoms with Gasteiger partial charge in [0.2, 0.25) is 5.91 Å². The minimum absolute atomic E-state index is 0.0853. The molecule has 2 aromatic heterocycles. The van der Waals surface area contributed by atoms with Crippen molar-refractivity contribution in [2.45, 2.75) is 39.9 Å². The molecule has 3 heterocycles. The highest BCUT2D eigenvalue weighted by molar-refractivity contribution is 7.15. The largest absolute Gasteiger partial charge is 0.462 e. The molecule has 1 fully saturated rings. The number of hydrogen-bond acceptors (Lipinski definition) is 7. The van der Waals surface area contributed by atoms with Gasteiger partial charge in [-0.15, -0.1) is 11.3 Å². The second-order valence-electron chi connectivity index (χ2n) is 6.98. The molecule has 8 heteroatoms. The molecule has 0 bridgehead atoms. The highest BCUT2D eigenvalue weighted by atomic mass is 32.1. The summed E-state index contributed by atoms with van der Waals surface area (Å²) in [5.41, 5.74) is 0.957. The summed E-state index contributed by atoms with van der Waals surface area (Å²) in [7, 11) is 0. The Kier molecular flexibility index (Phi) is 6.53. The molecule has 3 rings (SSSR count). The molecule has 7 nitrogen and oxygen atoms in total. The molecule has 28 heavy (non-hydrogen) atoms. The van der Waals surface area contributed by atoms with E-state index in [0.717, 1.165) is 5.76 Å². The lowest BCUT2D eigenvalue weighted by molar-refractivity contribution is -0.121. The van der Waals surface area contributed by atoms with Crippen molar-refractivity contribution in [1.29, 1.82) is 0 Å². The summed E-state index contributed by atoms with van der Waals surface area (Å²) >= 11 is 1.29. The average molecular weight is 407 g/mol. The van der Waals surface area contributed by atoms with Crippen molar-refractivity contribution < 1.29 is 23.5 Å². The number of carbonyl (C=O) groups is 2. The molecule has 0 radical (unpaired) electrons. The zero-order valence-electron chi connectivity index (χ0n) is 16.6. The van der Waals surface area contributed by atoms with Crippen LogP contribution in [0.4, 0.5) is 5.00 Å².